The van der Waals surface area contributed by atoms with E-state index in [2.05, 4.69) is 0 Å². The monoisotopic (exact) mass is 306 g/mol. The number of methoxy groups -OCH3 is 2. The molecule has 0 spiro atoms. The van der Waals surface area contributed by atoms with Crippen LogP contribution in [0.15, 0.2) is 24.3 Å². The molecule has 0 aromatic heterocycles. The summed E-state index contributed by atoms with van der Waals surface area (Å²) in [5.74, 6) is 0.843. The van der Waals surface area contributed by atoms with Crippen LogP contribution < -0.4 is 4.74 Å². The first kappa shape index (κ1) is 16.3. The number of amides is 2. The zero-order chi connectivity index (χ0) is 15.9. The number of hydrogen-bond acceptors (Lipinski definition) is 4. The molecule has 0 saturated carbocycles. The number of carbonyl (C=O) groups is 2. The Morgan fingerprint density at radius 3 is 2.00 bits per heavy atom. The second-order valence-electron chi connectivity index (χ2n) is 5.22. The Morgan fingerprint density at radius 1 is 0.955 bits per heavy atom. The van der Waals surface area contributed by atoms with Gasteiger partial charge in [0.1, 0.15) is 12.4 Å². The second kappa shape index (κ2) is 7.79. The van der Waals surface area contributed by atoms with E-state index in [0.29, 0.717) is 32.6 Å². The van der Waals surface area contributed by atoms with Gasteiger partial charge in [0.05, 0.1) is 13.5 Å². The molecule has 6 heteroatoms. The molecule has 1 saturated heterocycles. The van der Waals surface area contributed by atoms with Crippen LogP contribution in [0, 0.1) is 0 Å². The molecule has 2 rings (SSSR count). The summed E-state index contributed by atoms with van der Waals surface area (Å²) < 4.78 is 9.95. The zero-order valence-corrected chi connectivity index (χ0v) is 13.1. The van der Waals surface area contributed by atoms with Crippen molar-refractivity contribution in [3.8, 4) is 5.75 Å². The summed E-state index contributed by atoms with van der Waals surface area (Å²) in [6, 6.07) is 7.50. The Labute approximate surface area is 130 Å². The van der Waals surface area contributed by atoms with Crippen LogP contribution in [0.3, 0.4) is 0 Å². The number of rotatable bonds is 5. The number of ether oxygens (including phenoxy) is 2. The molecule has 0 unspecified atom stereocenters. The molecule has 0 radical (unpaired) electrons. The molecule has 0 bridgehead atoms. The van der Waals surface area contributed by atoms with Gasteiger partial charge in [-0.05, 0) is 17.7 Å². The average molecular weight is 306 g/mol. The maximum absolute atomic E-state index is 12.3. The van der Waals surface area contributed by atoms with E-state index in [-0.39, 0.29) is 18.4 Å². The molecule has 1 aromatic carbocycles. The average Bonchev–Trinajstić information content (AvgIpc) is 2.56. The topological polar surface area (TPSA) is 59.1 Å². The van der Waals surface area contributed by atoms with E-state index in [1.807, 2.05) is 24.3 Å². The first-order valence-electron chi connectivity index (χ1n) is 7.31. The lowest BCUT2D eigenvalue weighted by Crippen LogP contribution is -2.51. The molecule has 1 heterocycles. The zero-order valence-electron chi connectivity index (χ0n) is 13.1. The maximum Gasteiger partial charge on any atom is 0.248 e. The highest BCUT2D eigenvalue weighted by molar-refractivity contribution is 5.80. The van der Waals surface area contributed by atoms with Gasteiger partial charge in [0.15, 0.2) is 0 Å². The first-order valence-corrected chi connectivity index (χ1v) is 7.31. The predicted molar refractivity (Wildman–Crippen MR) is 81.7 cm³/mol. The molecule has 22 heavy (non-hydrogen) atoms. The third-order valence-electron chi connectivity index (χ3n) is 3.77. The minimum absolute atomic E-state index is 0.0234. The molecular weight excluding hydrogens is 284 g/mol. The van der Waals surface area contributed by atoms with Crippen LogP contribution in [0.2, 0.25) is 0 Å². The van der Waals surface area contributed by atoms with Crippen LogP contribution in [0.4, 0.5) is 0 Å². The van der Waals surface area contributed by atoms with E-state index in [1.54, 1.807) is 16.9 Å². The van der Waals surface area contributed by atoms with Crippen LogP contribution in [0.25, 0.3) is 0 Å². The SMILES string of the molecule is COCC(=O)N1CCN(C(=O)Cc2ccc(OC)cc2)CC1. The van der Waals surface area contributed by atoms with Crippen LogP contribution in [-0.2, 0) is 20.7 Å². The van der Waals surface area contributed by atoms with Crippen LogP contribution in [-0.4, -0.2) is 68.6 Å². The molecule has 0 N–H and O–H groups in total. The molecule has 0 aliphatic carbocycles. The van der Waals surface area contributed by atoms with Crippen molar-refractivity contribution in [2.75, 3.05) is 47.0 Å². The van der Waals surface area contributed by atoms with Gasteiger partial charge >= 0.3 is 0 Å². The van der Waals surface area contributed by atoms with E-state index < -0.39 is 0 Å². The highest BCUT2D eigenvalue weighted by atomic mass is 16.5. The van der Waals surface area contributed by atoms with Crippen molar-refractivity contribution in [2.24, 2.45) is 0 Å². The Kier molecular flexibility index (Phi) is 5.77. The number of carbonyl (C=O) groups excluding carboxylic acids is 2. The minimum atomic E-state index is -0.0234. The molecule has 1 aliphatic rings. The standard InChI is InChI=1S/C16H22N2O4/c1-21-12-16(20)18-9-7-17(8-10-18)15(19)11-13-3-5-14(22-2)6-4-13/h3-6H,7-12H2,1-2H3. The Hall–Kier alpha value is -2.08. The van der Waals surface area contributed by atoms with Crippen molar-refractivity contribution in [3.05, 3.63) is 29.8 Å². The van der Waals surface area contributed by atoms with Gasteiger partial charge in [-0.1, -0.05) is 12.1 Å². The molecule has 1 fully saturated rings. The molecule has 6 nitrogen and oxygen atoms in total. The van der Waals surface area contributed by atoms with Gasteiger partial charge in [-0.3, -0.25) is 9.59 Å². The van der Waals surface area contributed by atoms with Crippen molar-refractivity contribution in [1.82, 2.24) is 9.80 Å². The third kappa shape index (κ3) is 4.21. The fourth-order valence-electron chi connectivity index (χ4n) is 2.45. The smallest absolute Gasteiger partial charge is 0.248 e. The quantitative estimate of drug-likeness (QED) is 0.797. The second-order valence-corrected chi connectivity index (χ2v) is 5.22. The van der Waals surface area contributed by atoms with Gasteiger partial charge < -0.3 is 19.3 Å². The van der Waals surface area contributed by atoms with Gasteiger partial charge in [0.2, 0.25) is 11.8 Å². The van der Waals surface area contributed by atoms with Crippen LogP contribution in [0.5, 0.6) is 5.75 Å². The normalized spacial score (nSPS) is 14.8. The molecule has 120 valence electrons. The molecular formula is C16H22N2O4. The Balaban J connectivity index is 1.83. The molecule has 1 aliphatic heterocycles. The lowest BCUT2D eigenvalue weighted by atomic mass is 10.1. The molecule has 0 atom stereocenters. The number of benzene rings is 1. The Bertz CT molecular complexity index is 507. The summed E-state index contributed by atoms with van der Waals surface area (Å²) in [4.78, 5) is 27.5. The van der Waals surface area contributed by atoms with E-state index in [0.717, 1.165) is 11.3 Å². The summed E-state index contributed by atoms with van der Waals surface area (Å²) >= 11 is 0. The first-order chi connectivity index (χ1) is 10.6. The Morgan fingerprint density at radius 2 is 1.50 bits per heavy atom. The van der Waals surface area contributed by atoms with E-state index in [4.69, 9.17) is 9.47 Å². The van der Waals surface area contributed by atoms with Gasteiger partial charge in [-0.25, -0.2) is 0 Å². The summed E-state index contributed by atoms with van der Waals surface area (Å²) in [6.45, 7) is 2.38. The summed E-state index contributed by atoms with van der Waals surface area (Å²) in [5.41, 5.74) is 0.962. The number of nitrogens with zero attached hydrogens (tertiary/aromatic N) is 2. The predicted octanol–water partition coefficient (Wildman–Crippen LogP) is 0.555. The van der Waals surface area contributed by atoms with Crippen molar-refractivity contribution in [1.29, 1.82) is 0 Å². The molecule has 2 amide bonds. The van der Waals surface area contributed by atoms with Gasteiger partial charge in [0, 0.05) is 33.3 Å². The largest absolute Gasteiger partial charge is 0.497 e. The summed E-state index contributed by atoms with van der Waals surface area (Å²) in [5, 5.41) is 0. The van der Waals surface area contributed by atoms with Crippen LogP contribution >= 0.6 is 0 Å². The van der Waals surface area contributed by atoms with Crippen molar-refractivity contribution in [3.63, 3.8) is 0 Å². The summed E-state index contributed by atoms with van der Waals surface area (Å²) in [7, 11) is 3.12. The summed E-state index contributed by atoms with van der Waals surface area (Å²) in [6.07, 6.45) is 0.371. The minimum Gasteiger partial charge on any atom is -0.497 e. The van der Waals surface area contributed by atoms with Crippen molar-refractivity contribution < 1.29 is 19.1 Å². The van der Waals surface area contributed by atoms with E-state index in [9.17, 15) is 9.59 Å². The van der Waals surface area contributed by atoms with Gasteiger partial charge in [-0.2, -0.15) is 0 Å². The van der Waals surface area contributed by atoms with E-state index in [1.165, 1.54) is 7.11 Å². The van der Waals surface area contributed by atoms with Crippen molar-refractivity contribution >= 4 is 11.8 Å². The van der Waals surface area contributed by atoms with Crippen LogP contribution in [0.1, 0.15) is 5.56 Å². The lowest BCUT2D eigenvalue weighted by molar-refractivity contribution is -0.141. The van der Waals surface area contributed by atoms with Crippen molar-refractivity contribution in [2.45, 2.75) is 6.42 Å². The van der Waals surface area contributed by atoms with Gasteiger partial charge in [0.25, 0.3) is 0 Å². The molecule has 1 aromatic rings. The highest BCUT2D eigenvalue weighted by Crippen LogP contribution is 2.13. The number of piperazine rings is 1. The lowest BCUT2D eigenvalue weighted by Gasteiger charge is -2.34. The maximum atomic E-state index is 12.3. The third-order valence-corrected chi connectivity index (χ3v) is 3.77. The number of hydrogen-bond donors (Lipinski definition) is 0. The highest BCUT2D eigenvalue weighted by Gasteiger charge is 2.23. The fraction of sp³-hybridized carbons (Fsp3) is 0.500. The van der Waals surface area contributed by atoms with E-state index >= 15 is 0 Å². The fourth-order valence-corrected chi connectivity index (χ4v) is 2.45. The van der Waals surface area contributed by atoms with Gasteiger partial charge in [-0.15, -0.1) is 0 Å².